The minimum absolute atomic E-state index is 0.443. The molecule has 1 aliphatic carbocycles. The highest BCUT2D eigenvalue weighted by Gasteiger charge is 2.21. The van der Waals surface area contributed by atoms with Gasteiger partial charge in [0.15, 0.2) is 6.29 Å². The number of rotatable bonds is 4. The normalized spacial score (nSPS) is 15.4. The Morgan fingerprint density at radius 3 is 2.92 bits per heavy atom. The summed E-state index contributed by atoms with van der Waals surface area (Å²) in [7, 11) is 0. The summed E-state index contributed by atoms with van der Waals surface area (Å²) < 4.78 is 5.45. The summed E-state index contributed by atoms with van der Waals surface area (Å²) >= 11 is 0. The fraction of sp³-hybridized carbons (Fsp3) is 0.400. The molecular weight excluding hydrogens is 166 g/mol. The first-order chi connectivity index (χ1) is 6.38. The first-order valence-electron chi connectivity index (χ1n) is 4.42. The molecule has 0 aliphatic heterocycles. The molecule has 3 nitrogen and oxygen atoms in total. The molecule has 0 atom stereocenters. The van der Waals surface area contributed by atoms with Crippen LogP contribution in [0.3, 0.4) is 0 Å². The lowest BCUT2D eigenvalue weighted by Gasteiger charge is -2.03. The number of aldehydes is 1. The standard InChI is InChI=1S/C10H11NO2/c12-6-9-3-4-10(5-11-9)13-7-8-1-2-8/h3-6,8H,1-2,7H2. The average molecular weight is 177 g/mol. The Morgan fingerprint density at radius 2 is 2.38 bits per heavy atom. The number of pyridine rings is 1. The predicted octanol–water partition coefficient (Wildman–Crippen LogP) is 1.68. The van der Waals surface area contributed by atoms with Crippen molar-refractivity contribution in [3.63, 3.8) is 0 Å². The van der Waals surface area contributed by atoms with E-state index in [4.69, 9.17) is 4.74 Å². The number of nitrogens with zero attached hydrogens (tertiary/aromatic N) is 1. The maximum atomic E-state index is 10.3. The van der Waals surface area contributed by atoms with Crippen LogP contribution in [0.1, 0.15) is 23.3 Å². The minimum atomic E-state index is 0.443. The Bertz CT molecular complexity index is 290. The van der Waals surface area contributed by atoms with Crippen molar-refractivity contribution in [1.82, 2.24) is 4.98 Å². The Hall–Kier alpha value is -1.38. The van der Waals surface area contributed by atoms with Crippen LogP contribution in [-0.4, -0.2) is 17.9 Å². The summed E-state index contributed by atoms with van der Waals surface area (Å²) in [5.74, 6) is 1.49. The summed E-state index contributed by atoms with van der Waals surface area (Å²) in [6.45, 7) is 0.780. The van der Waals surface area contributed by atoms with E-state index in [1.807, 2.05) is 0 Å². The third-order valence-electron chi connectivity index (χ3n) is 2.06. The summed E-state index contributed by atoms with van der Waals surface area (Å²) in [5.41, 5.74) is 0.443. The quantitative estimate of drug-likeness (QED) is 0.657. The molecule has 13 heavy (non-hydrogen) atoms. The molecular formula is C10H11NO2. The molecule has 0 spiro atoms. The van der Waals surface area contributed by atoms with Gasteiger partial charge in [-0.1, -0.05) is 0 Å². The van der Waals surface area contributed by atoms with E-state index >= 15 is 0 Å². The second-order valence-corrected chi connectivity index (χ2v) is 3.29. The van der Waals surface area contributed by atoms with Gasteiger partial charge < -0.3 is 4.74 Å². The van der Waals surface area contributed by atoms with Crippen molar-refractivity contribution in [3.05, 3.63) is 24.0 Å². The highest BCUT2D eigenvalue weighted by atomic mass is 16.5. The Morgan fingerprint density at radius 1 is 1.54 bits per heavy atom. The number of aromatic nitrogens is 1. The maximum Gasteiger partial charge on any atom is 0.168 e. The van der Waals surface area contributed by atoms with Crippen molar-refractivity contribution in [2.24, 2.45) is 5.92 Å². The van der Waals surface area contributed by atoms with Gasteiger partial charge in [-0.15, -0.1) is 0 Å². The van der Waals surface area contributed by atoms with Gasteiger partial charge in [0.25, 0.3) is 0 Å². The Labute approximate surface area is 76.7 Å². The number of hydrogen-bond donors (Lipinski definition) is 0. The predicted molar refractivity (Wildman–Crippen MR) is 47.8 cm³/mol. The van der Waals surface area contributed by atoms with E-state index in [1.165, 1.54) is 12.8 Å². The van der Waals surface area contributed by atoms with Gasteiger partial charge in [0.05, 0.1) is 12.8 Å². The van der Waals surface area contributed by atoms with Crippen LogP contribution in [0.15, 0.2) is 18.3 Å². The molecule has 0 N–H and O–H groups in total. The highest BCUT2D eigenvalue weighted by molar-refractivity contribution is 5.71. The lowest BCUT2D eigenvalue weighted by molar-refractivity contribution is 0.111. The van der Waals surface area contributed by atoms with Gasteiger partial charge in [-0.05, 0) is 30.9 Å². The van der Waals surface area contributed by atoms with Gasteiger partial charge >= 0.3 is 0 Å². The maximum absolute atomic E-state index is 10.3. The molecule has 1 aromatic heterocycles. The Kier molecular flexibility index (Phi) is 2.25. The van der Waals surface area contributed by atoms with Crippen molar-refractivity contribution >= 4 is 6.29 Å². The lowest BCUT2D eigenvalue weighted by atomic mass is 10.3. The van der Waals surface area contributed by atoms with Crippen molar-refractivity contribution in [2.75, 3.05) is 6.61 Å². The molecule has 1 saturated carbocycles. The molecule has 3 heteroatoms. The average Bonchev–Trinajstić information content (AvgIpc) is 2.99. The Balaban J connectivity index is 1.91. The second-order valence-electron chi connectivity index (χ2n) is 3.29. The number of carbonyl (C=O) groups is 1. The van der Waals surface area contributed by atoms with Gasteiger partial charge in [-0.3, -0.25) is 4.79 Å². The molecule has 1 fully saturated rings. The van der Waals surface area contributed by atoms with Crippen molar-refractivity contribution in [2.45, 2.75) is 12.8 Å². The molecule has 0 saturated heterocycles. The summed E-state index contributed by atoms with van der Waals surface area (Å²) in [6, 6.07) is 3.44. The first kappa shape index (κ1) is 8.23. The van der Waals surface area contributed by atoms with Gasteiger partial charge in [0.2, 0.25) is 0 Å². The van der Waals surface area contributed by atoms with E-state index in [0.29, 0.717) is 5.69 Å². The van der Waals surface area contributed by atoms with Crippen molar-refractivity contribution in [1.29, 1.82) is 0 Å². The molecule has 2 rings (SSSR count). The lowest BCUT2D eigenvalue weighted by Crippen LogP contribution is -1.99. The van der Waals surface area contributed by atoms with E-state index in [-0.39, 0.29) is 0 Å². The van der Waals surface area contributed by atoms with E-state index in [9.17, 15) is 4.79 Å². The number of hydrogen-bond acceptors (Lipinski definition) is 3. The second kappa shape index (κ2) is 3.56. The van der Waals surface area contributed by atoms with Gasteiger partial charge in [0.1, 0.15) is 11.4 Å². The number of carbonyl (C=O) groups excluding carboxylic acids is 1. The van der Waals surface area contributed by atoms with Crippen LogP contribution in [0.5, 0.6) is 5.75 Å². The summed E-state index contributed by atoms with van der Waals surface area (Å²) in [6.07, 6.45) is 4.87. The SMILES string of the molecule is O=Cc1ccc(OCC2CC2)cn1. The van der Waals surface area contributed by atoms with Crippen LogP contribution >= 0.6 is 0 Å². The molecule has 68 valence electrons. The van der Waals surface area contributed by atoms with Gasteiger partial charge in [-0.25, -0.2) is 4.98 Å². The van der Waals surface area contributed by atoms with E-state index in [0.717, 1.165) is 24.6 Å². The molecule has 0 aromatic carbocycles. The van der Waals surface area contributed by atoms with Crippen LogP contribution < -0.4 is 4.74 Å². The largest absolute Gasteiger partial charge is 0.492 e. The topological polar surface area (TPSA) is 39.2 Å². The van der Waals surface area contributed by atoms with Crippen LogP contribution in [-0.2, 0) is 0 Å². The zero-order chi connectivity index (χ0) is 9.10. The fourth-order valence-electron chi connectivity index (χ4n) is 1.05. The molecule has 0 unspecified atom stereocenters. The van der Waals surface area contributed by atoms with Crippen LogP contribution in [0.25, 0.3) is 0 Å². The molecule has 0 bridgehead atoms. The molecule has 1 heterocycles. The van der Waals surface area contributed by atoms with E-state index < -0.39 is 0 Å². The van der Waals surface area contributed by atoms with Gasteiger partial charge in [-0.2, -0.15) is 0 Å². The van der Waals surface area contributed by atoms with Crippen LogP contribution in [0.2, 0.25) is 0 Å². The zero-order valence-corrected chi connectivity index (χ0v) is 7.27. The fourth-order valence-corrected chi connectivity index (χ4v) is 1.05. The molecule has 0 radical (unpaired) electrons. The van der Waals surface area contributed by atoms with Crippen molar-refractivity contribution < 1.29 is 9.53 Å². The van der Waals surface area contributed by atoms with Crippen LogP contribution in [0, 0.1) is 5.92 Å². The monoisotopic (exact) mass is 177 g/mol. The third-order valence-corrected chi connectivity index (χ3v) is 2.06. The van der Waals surface area contributed by atoms with Crippen molar-refractivity contribution in [3.8, 4) is 5.75 Å². The van der Waals surface area contributed by atoms with E-state index in [1.54, 1.807) is 18.3 Å². The first-order valence-corrected chi connectivity index (χ1v) is 4.42. The molecule has 1 aliphatic rings. The van der Waals surface area contributed by atoms with E-state index in [2.05, 4.69) is 4.98 Å². The smallest absolute Gasteiger partial charge is 0.168 e. The summed E-state index contributed by atoms with van der Waals surface area (Å²) in [4.78, 5) is 14.2. The summed E-state index contributed by atoms with van der Waals surface area (Å²) in [5, 5.41) is 0. The zero-order valence-electron chi connectivity index (χ0n) is 7.27. The molecule has 1 aromatic rings. The third kappa shape index (κ3) is 2.28. The minimum Gasteiger partial charge on any atom is -0.492 e. The number of ether oxygens (including phenoxy) is 1. The highest BCUT2D eigenvalue weighted by Crippen LogP contribution is 2.29. The van der Waals surface area contributed by atoms with Gasteiger partial charge in [0, 0.05) is 0 Å². The molecule has 0 amide bonds. The van der Waals surface area contributed by atoms with Crippen LogP contribution in [0.4, 0.5) is 0 Å².